The summed E-state index contributed by atoms with van der Waals surface area (Å²) in [6, 6.07) is 0. The molecule has 0 rings (SSSR count). The van der Waals surface area contributed by atoms with Crippen molar-refractivity contribution in [2.75, 3.05) is 14.1 Å². The third-order valence-electron chi connectivity index (χ3n) is 0.630. The van der Waals surface area contributed by atoms with E-state index in [0.717, 1.165) is 0 Å². The molecule has 0 aliphatic heterocycles. The standard InChI is InChI=1S/C4H9NO.Ca.2H2O/c1-4(6)5(2)3;;;/h1-3H3;;2*1H2/q;+2;;/p-2. The smallest absolute Gasteiger partial charge is 0.870 e. The van der Waals surface area contributed by atoms with Crippen molar-refractivity contribution in [2.45, 2.75) is 6.92 Å². The zero-order chi connectivity index (χ0) is 5.15. The van der Waals surface area contributed by atoms with Crippen LogP contribution < -0.4 is 0 Å². The number of carbonyl (C=O) groups excluding carboxylic acids is 1. The summed E-state index contributed by atoms with van der Waals surface area (Å²) in [7, 11) is 3.45. The van der Waals surface area contributed by atoms with Crippen LogP contribution in [0.2, 0.25) is 0 Å². The molecule has 2 N–H and O–H groups in total. The Morgan fingerprint density at radius 1 is 1.22 bits per heavy atom. The van der Waals surface area contributed by atoms with Gasteiger partial charge in [0.05, 0.1) is 0 Å². The van der Waals surface area contributed by atoms with E-state index in [1.165, 1.54) is 11.8 Å². The van der Waals surface area contributed by atoms with Gasteiger partial charge < -0.3 is 15.9 Å². The molecule has 0 aromatic carbocycles. The summed E-state index contributed by atoms with van der Waals surface area (Å²) in [5, 5.41) is 0. The molecule has 4 nitrogen and oxygen atoms in total. The van der Waals surface area contributed by atoms with Crippen LogP contribution in [0, 0.1) is 0 Å². The number of hydrogen-bond acceptors (Lipinski definition) is 3. The molecule has 9 heavy (non-hydrogen) atoms. The molecule has 0 atom stereocenters. The van der Waals surface area contributed by atoms with Crippen molar-refractivity contribution in [3.8, 4) is 0 Å². The van der Waals surface area contributed by atoms with Gasteiger partial charge in [0, 0.05) is 21.0 Å². The first-order valence-corrected chi connectivity index (χ1v) is 1.82. The molecule has 1 amide bonds. The Morgan fingerprint density at radius 2 is 1.33 bits per heavy atom. The van der Waals surface area contributed by atoms with Crippen LogP contribution in [-0.2, 0) is 4.79 Å². The number of hydrogen-bond donors (Lipinski definition) is 0. The largest absolute Gasteiger partial charge is 2.00 e. The van der Waals surface area contributed by atoms with Crippen LogP contribution in [0.4, 0.5) is 0 Å². The summed E-state index contributed by atoms with van der Waals surface area (Å²) in [6.07, 6.45) is 0. The summed E-state index contributed by atoms with van der Waals surface area (Å²) in [6.45, 7) is 1.53. The molecule has 0 aromatic heterocycles. The van der Waals surface area contributed by atoms with Crippen molar-refractivity contribution in [2.24, 2.45) is 0 Å². The molecule has 0 saturated heterocycles. The SMILES string of the molecule is CC(=O)N(C)C.[Ca+2].[OH-].[OH-]. The van der Waals surface area contributed by atoms with E-state index in [-0.39, 0.29) is 54.6 Å². The fraction of sp³-hybridized carbons (Fsp3) is 0.750. The van der Waals surface area contributed by atoms with E-state index in [1.807, 2.05) is 0 Å². The van der Waals surface area contributed by atoms with E-state index in [9.17, 15) is 4.79 Å². The topological polar surface area (TPSA) is 80.3 Å². The Hall–Kier alpha value is 0.650. The summed E-state index contributed by atoms with van der Waals surface area (Å²) in [4.78, 5) is 11.6. The third kappa shape index (κ3) is 17.7. The minimum absolute atomic E-state index is 0. The first-order chi connectivity index (χ1) is 2.64. The Labute approximate surface area is 84.8 Å². The monoisotopic (exact) mass is 161 g/mol. The van der Waals surface area contributed by atoms with Gasteiger partial charge >= 0.3 is 37.7 Å². The van der Waals surface area contributed by atoms with Crippen LogP contribution >= 0.6 is 0 Å². The first-order valence-electron chi connectivity index (χ1n) is 1.82. The fourth-order valence-electron chi connectivity index (χ4n) is 0. The summed E-state index contributed by atoms with van der Waals surface area (Å²) < 4.78 is 0. The number of rotatable bonds is 0. The summed E-state index contributed by atoms with van der Waals surface area (Å²) >= 11 is 0. The second-order valence-electron chi connectivity index (χ2n) is 1.41. The van der Waals surface area contributed by atoms with E-state index in [1.54, 1.807) is 14.1 Å². The van der Waals surface area contributed by atoms with Gasteiger partial charge in [0.15, 0.2) is 0 Å². The molecule has 0 fully saturated rings. The summed E-state index contributed by atoms with van der Waals surface area (Å²) in [5.74, 6) is 0.0926. The maximum absolute atomic E-state index is 10.1. The van der Waals surface area contributed by atoms with Crippen molar-refractivity contribution in [3.05, 3.63) is 0 Å². The van der Waals surface area contributed by atoms with Gasteiger partial charge in [0.2, 0.25) is 5.91 Å². The number of nitrogens with zero attached hydrogens (tertiary/aromatic N) is 1. The zero-order valence-corrected chi connectivity index (χ0v) is 8.17. The fourth-order valence-corrected chi connectivity index (χ4v) is 0. The van der Waals surface area contributed by atoms with Crippen LogP contribution in [0.3, 0.4) is 0 Å². The van der Waals surface area contributed by atoms with Gasteiger partial charge in [-0.15, -0.1) is 0 Å². The van der Waals surface area contributed by atoms with Crippen molar-refractivity contribution in [1.29, 1.82) is 0 Å². The van der Waals surface area contributed by atoms with E-state index in [4.69, 9.17) is 0 Å². The second kappa shape index (κ2) is 11.4. The van der Waals surface area contributed by atoms with Crippen LogP contribution in [0.5, 0.6) is 0 Å². The Morgan fingerprint density at radius 3 is 1.33 bits per heavy atom. The van der Waals surface area contributed by atoms with Crippen LogP contribution in [0.1, 0.15) is 6.92 Å². The average Bonchev–Trinajstić information content (AvgIpc) is 1.36. The van der Waals surface area contributed by atoms with Crippen LogP contribution in [-0.4, -0.2) is 73.6 Å². The molecular weight excluding hydrogens is 150 g/mol. The average molecular weight is 161 g/mol. The number of amides is 1. The van der Waals surface area contributed by atoms with Gasteiger partial charge in [0.25, 0.3) is 0 Å². The Balaban J connectivity index is -0.0000000417. The van der Waals surface area contributed by atoms with Gasteiger partial charge in [-0.25, -0.2) is 0 Å². The molecule has 0 heterocycles. The van der Waals surface area contributed by atoms with E-state index in [2.05, 4.69) is 0 Å². The molecule has 0 radical (unpaired) electrons. The van der Waals surface area contributed by atoms with Gasteiger partial charge in [-0.1, -0.05) is 0 Å². The predicted octanol–water partition coefficient (Wildman–Crippen LogP) is -0.640. The number of carbonyl (C=O) groups is 1. The minimum Gasteiger partial charge on any atom is -0.870 e. The molecule has 0 bridgehead atoms. The molecule has 0 saturated carbocycles. The maximum atomic E-state index is 10.1. The van der Waals surface area contributed by atoms with Crippen LogP contribution in [0.25, 0.3) is 0 Å². The van der Waals surface area contributed by atoms with Crippen molar-refractivity contribution >= 4 is 43.6 Å². The van der Waals surface area contributed by atoms with Gasteiger partial charge in [-0.3, -0.25) is 4.79 Å². The first kappa shape index (κ1) is 22.6. The van der Waals surface area contributed by atoms with Crippen LogP contribution in [0.15, 0.2) is 0 Å². The molecule has 5 heteroatoms. The van der Waals surface area contributed by atoms with E-state index in [0.29, 0.717) is 0 Å². The molecule has 0 aliphatic carbocycles. The van der Waals surface area contributed by atoms with Gasteiger partial charge in [-0.05, 0) is 0 Å². The minimum atomic E-state index is 0. The van der Waals surface area contributed by atoms with E-state index < -0.39 is 0 Å². The summed E-state index contributed by atoms with van der Waals surface area (Å²) in [5.41, 5.74) is 0. The molecular formula is C4H11CaNO3. The normalized spacial score (nSPS) is 5.22. The predicted molar refractivity (Wildman–Crippen MR) is 34.0 cm³/mol. The van der Waals surface area contributed by atoms with E-state index >= 15 is 0 Å². The zero-order valence-electron chi connectivity index (χ0n) is 5.96. The van der Waals surface area contributed by atoms with Crippen molar-refractivity contribution in [3.63, 3.8) is 0 Å². The van der Waals surface area contributed by atoms with Crippen molar-refractivity contribution in [1.82, 2.24) is 4.90 Å². The molecule has 0 unspecified atom stereocenters. The third-order valence-corrected chi connectivity index (χ3v) is 0.630. The molecule has 0 aromatic rings. The van der Waals surface area contributed by atoms with Gasteiger partial charge in [-0.2, -0.15) is 0 Å². The van der Waals surface area contributed by atoms with Crippen molar-refractivity contribution < 1.29 is 15.7 Å². The van der Waals surface area contributed by atoms with Gasteiger partial charge in [0.1, 0.15) is 0 Å². The Kier molecular flexibility index (Phi) is 28.8. The second-order valence-corrected chi connectivity index (χ2v) is 1.41. The molecule has 0 aliphatic rings. The Bertz CT molecular complexity index is 66.8. The molecule has 0 spiro atoms. The molecule has 52 valence electrons. The quantitative estimate of drug-likeness (QED) is 0.443. The maximum Gasteiger partial charge on any atom is 2.00 e.